The maximum atomic E-state index is 14.0. The number of halogens is 1. The normalized spacial score (nSPS) is 13.9. The molecule has 1 amide bonds. The summed E-state index contributed by atoms with van der Waals surface area (Å²) in [5, 5.41) is 2.86. The number of carbonyl (C=O) groups is 1. The number of carbonyl (C=O) groups excluding carboxylic acids is 1. The average Bonchev–Trinajstić information content (AvgIpc) is 2.92. The van der Waals surface area contributed by atoms with Gasteiger partial charge in [-0.2, -0.15) is 0 Å². The summed E-state index contributed by atoms with van der Waals surface area (Å²) >= 11 is 0. The smallest absolute Gasteiger partial charge is 0.226 e. The lowest BCUT2D eigenvalue weighted by Crippen LogP contribution is -2.35. The van der Waals surface area contributed by atoms with Gasteiger partial charge in [-0.3, -0.25) is 14.7 Å². The monoisotopic (exact) mass is 535 g/mol. The Kier molecular flexibility index (Phi) is 10.3. The number of pyridine rings is 1. The predicted octanol–water partition coefficient (Wildman–Crippen LogP) is 5.01. The largest absolute Gasteiger partial charge is 0.494 e. The second kappa shape index (κ2) is 14.1. The van der Waals surface area contributed by atoms with Crippen LogP contribution in [0.25, 0.3) is 11.1 Å². The molecule has 2 aromatic carbocycles. The van der Waals surface area contributed by atoms with E-state index < -0.39 is 0 Å². The lowest BCUT2D eigenvalue weighted by Gasteiger charge is -2.27. The Balaban J connectivity index is 1.38. The molecule has 1 N–H and O–H groups in total. The van der Waals surface area contributed by atoms with E-state index in [0.29, 0.717) is 36.1 Å². The molecule has 0 saturated carbocycles. The first-order valence-corrected chi connectivity index (χ1v) is 13.6. The van der Waals surface area contributed by atoms with Crippen LogP contribution in [0.4, 0.5) is 4.39 Å². The molecule has 2 heterocycles. The molecule has 8 heteroatoms. The summed E-state index contributed by atoms with van der Waals surface area (Å²) < 4.78 is 30.9. The van der Waals surface area contributed by atoms with Crippen molar-refractivity contribution in [3.05, 3.63) is 77.4 Å². The lowest BCUT2D eigenvalue weighted by molar-refractivity contribution is -0.120. The van der Waals surface area contributed by atoms with Gasteiger partial charge in [0.05, 0.1) is 32.8 Å². The minimum Gasteiger partial charge on any atom is -0.494 e. The molecule has 1 saturated heterocycles. The van der Waals surface area contributed by atoms with Crippen molar-refractivity contribution in [3.8, 4) is 22.6 Å². The van der Waals surface area contributed by atoms with E-state index in [9.17, 15) is 9.18 Å². The first-order chi connectivity index (χ1) is 18.9. The molecular weight excluding hydrogens is 497 g/mol. The van der Waals surface area contributed by atoms with E-state index in [1.165, 1.54) is 17.7 Å². The molecule has 1 aliphatic heterocycles. The van der Waals surface area contributed by atoms with E-state index >= 15 is 0 Å². The number of amides is 1. The molecular formula is C31H38FN3O4. The molecule has 1 fully saturated rings. The lowest BCUT2D eigenvalue weighted by atomic mass is 9.99. The first kappa shape index (κ1) is 28.5. The average molecular weight is 536 g/mol. The van der Waals surface area contributed by atoms with E-state index in [0.717, 1.165) is 49.7 Å². The molecule has 39 heavy (non-hydrogen) atoms. The second-order valence-corrected chi connectivity index (χ2v) is 10.1. The van der Waals surface area contributed by atoms with Crippen molar-refractivity contribution < 1.29 is 23.4 Å². The third-order valence-electron chi connectivity index (χ3n) is 6.37. The fourth-order valence-corrected chi connectivity index (χ4v) is 4.42. The van der Waals surface area contributed by atoms with Gasteiger partial charge in [0.1, 0.15) is 17.3 Å². The number of hydrogen-bond acceptors (Lipinski definition) is 6. The van der Waals surface area contributed by atoms with E-state index in [4.69, 9.17) is 14.2 Å². The highest BCUT2D eigenvalue weighted by Gasteiger charge is 2.15. The quantitative estimate of drug-likeness (QED) is 0.352. The van der Waals surface area contributed by atoms with Crippen molar-refractivity contribution in [1.82, 2.24) is 15.2 Å². The molecule has 1 aliphatic rings. The van der Waals surface area contributed by atoms with Crippen LogP contribution in [0, 0.1) is 11.7 Å². The molecule has 0 unspecified atom stereocenters. The number of nitrogens with zero attached hydrogens (tertiary/aromatic N) is 2. The van der Waals surface area contributed by atoms with Crippen LogP contribution in [0.5, 0.6) is 11.5 Å². The zero-order chi connectivity index (χ0) is 27.6. The SMILES string of the molecule is CCOc1ccc(-c2ccc(CC(=O)NCc3cc(F)cc(OCC(C)C)c3)nc2)c(CN2CCOCC2)c1. The van der Waals surface area contributed by atoms with Crippen molar-refractivity contribution >= 4 is 5.91 Å². The molecule has 7 nitrogen and oxygen atoms in total. The van der Waals surface area contributed by atoms with Gasteiger partial charge in [-0.1, -0.05) is 26.0 Å². The third kappa shape index (κ3) is 8.76. The van der Waals surface area contributed by atoms with Crippen LogP contribution in [0.15, 0.2) is 54.7 Å². The van der Waals surface area contributed by atoms with Crippen LogP contribution in [0.3, 0.4) is 0 Å². The van der Waals surface area contributed by atoms with Crippen molar-refractivity contribution in [3.63, 3.8) is 0 Å². The van der Waals surface area contributed by atoms with Gasteiger partial charge in [-0.05, 0) is 59.9 Å². The summed E-state index contributed by atoms with van der Waals surface area (Å²) in [6.07, 6.45) is 1.95. The molecule has 3 aromatic rings. The van der Waals surface area contributed by atoms with Gasteiger partial charge in [0, 0.05) is 49.7 Å². The zero-order valence-corrected chi connectivity index (χ0v) is 23.0. The van der Waals surface area contributed by atoms with Gasteiger partial charge in [-0.25, -0.2) is 4.39 Å². The Labute approximate surface area is 230 Å². The van der Waals surface area contributed by atoms with Crippen LogP contribution >= 0.6 is 0 Å². The molecule has 0 radical (unpaired) electrons. The number of hydrogen-bond donors (Lipinski definition) is 1. The van der Waals surface area contributed by atoms with Gasteiger partial charge in [0.2, 0.25) is 5.91 Å². The van der Waals surface area contributed by atoms with Crippen LogP contribution in [-0.2, 0) is 29.0 Å². The Morgan fingerprint density at radius 1 is 1.08 bits per heavy atom. The highest BCUT2D eigenvalue weighted by Crippen LogP contribution is 2.29. The summed E-state index contributed by atoms with van der Waals surface area (Å²) in [7, 11) is 0. The maximum absolute atomic E-state index is 14.0. The van der Waals surface area contributed by atoms with E-state index in [1.54, 1.807) is 6.07 Å². The minimum absolute atomic E-state index is 0.135. The molecule has 0 bridgehead atoms. The maximum Gasteiger partial charge on any atom is 0.226 e. The van der Waals surface area contributed by atoms with Gasteiger partial charge >= 0.3 is 0 Å². The van der Waals surface area contributed by atoms with Gasteiger partial charge in [0.25, 0.3) is 0 Å². The summed E-state index contributed by atoms with van der Waals surface area (Å²) in [5.74, 6) is 1.08. The van der Waals surface area contributed by atoms with E-state index in [2.05, 4.69) is 27.3 Å². The molecule has 0 atom stereocenters. The van der Waals surface area contributed by atoms with Crippen molar-refractivity contribution in [2.24, 2.45) is 5.92 Å². The third-order valence-corrected chi connectivity index (χ3v) is 6.37. The fourth-order valence-electron chi connectivity index (χ4n) is 4.42. The predicted molar refractivity (Wildman–Crippen MR) is 149 cm³/mol. The molecule has 4 rings (SSSR count). The topological polar surface area (TPSA) is 72.9 Å². The highest BCUT2D eigenvalue weighted by molar-refractivity contribution is 5.78. The van der Waals surface area contributed by atoms with E-state index in [1.807, 2.05) is 45.2 Å². The van der Waals surface area contributed by atoms with Gasteiger partial charge in [0.15, 0.2) is 0 Å². The summed E-state index contributed by atoms with van der Waals surface area (Å²) in [5.41, 5.74) is 4.56. The van der Waals surface area contributed by atoms with Crippen LogP contribution < -0.4 is 14.8 Å². The van der Waals surface area contributed by atoms with Crippen LogP contribution in [-0.4, -0.2) is 55.3 Å². The summed E-state index contributed by atoms with van der Waals surface area (Å²) in [4.78, 5) is 19.5. The van der Waals surface area contributed by atoms with E-state index in [-0.39, 0.29) is 24.7 Å². The highest BCUT2D eigenvalue weighted by atomic mass is 19.1. The minimum atomic E-state index is -0.389. The number of ether oxygens (including phenoxy) is 3. The zero-order valence-electron chi connectivity index (χ0n) is 23.0. The summed E-state index contributed by atoms with van der Waals surface area (Å²) in [6.45, 7) is 11.4. The Morgan fingerprint density at radius 2 is 1.90 bits per heavy atom. The van der Waals surface area contributed by atoms with Gasteiger partial charge < -0.3 is 19.5 Å². The number of rotatable bonds is 12. The number of morpholine rings is 1. The number of benzene rings is 2. The Bertz CT molecular complexity index is 1230. The second-order valence-electron chi connectivity index (χ2n) is 10.1. The van der Waals surface area contributed by atoms with Crippen LogP contribution in [0.2, 0.25) is 0 Å². The molecule has 0 aliphatic carbocycles. The van der Waals surface area contributed by atoms with Crippen molar-refractivity contribution in [1.29, 1.82) is 0 Å². The number of nitrogens with one attached hydrogen (secondary N) is 1. The molecule has 1 aromatic heterocycles. The van der Waals surface area contributed by atoms with Crippen LogP contribution in [0.1, 0.15) is 37.6 Å². The Morgan fingerprint density at radius 3 is 2.62 bits per heavy atom. The fraction of sp³-hybridized carbons (Fsp3) is 0.419. The molecule has 208 valence electrons. The standard InChI is InChI=1S/C31H38FN3O4/c1-4-38-28-7-8-30(25(15-28)20-35-9-11-37-12-10-35)24-5-6-27(33-19-24)17-31(36)34-18-23-13-26(32)16-29(14-23)39-21-22(2)3/h5-8,13-16,19,22H,4,9-12,17-18,20-21H2,1-3H3,(H,34,36). The van der Waals surface area contributed by atoms with Gasteiger partial charge in [-0.15, -0.1) is 0 Å². The summed E-state index contributed by atoms with van der Waals surface area (Å²) in [6, 6.07) is 14.5. The van der Waals surface area contributed by atoms with Crippen molar-refractivity contribution in [2.45, 2.75) is 40.3 Å². The number of aromatic nitrogens is 1. The van der Waals surface area contributed by atoms with Crippen molar-refractivity contribution in [2.75, 3.05) is 39.5 Å². The molecule has 0 spiro atoms. The Hall–Kier alpha value is -3.49. The first-order valence-electron chi connectivity index (χ1n) is 13.6.